The van der Waals surface area contributed by atoms with Crippen LogP contribution in [0.15, 0.2) is 34.8 Å². The van der Waals surface area contributed by atoms with E-state index in [1.165, 1.54) is 43.4 Å². The summed E-state index contributed by atoms with van der Waals surface area (Å²) in [4.78, 5) is 0. The maximum Gasteiger partial charge on any atom is 0.0491 e. The third-order valence-corrected chi connectivity index (χ3v) is 3.91. The molecule has 0 saturated carbocycles. The molecule has 0 bridgehead atoms. The van der Waals surface area contributed by atoms with Crippen molar-refractivity contribution in [1.82, 2.24) is 0 Å². The predicted molar refractivity (Wildman–Crippen MR) is 78.5 cm³/mol. The number of hydrogen-bond donors (Lipinski definition) is 1. The van der Waals surface area contributed by atoms with Crippen molar-refractivity contribution < 1.29 is 0 Å². The first-order valence-electron chi connectivity index (χ1n) is 6.45. The van der Waals surface area contributed by atoms with Crippen molar-refractivity contribution in [3.8, 4) is 0 Å². The predicted octanol–water partition coefficient (Wildman–Crippen LogP) is 5.06. The fraction of sp³-hybridized carbons (Fsp3) is 0.467. The van der Waals surface area contributed by atoms with Crippen LogP contribution in [0.5, 0.6) is 0 Å². The Morgan fingerprint density at radius 2 is 2.12 bits per heavy atom. The molecule has 0 aromatic heterocycles. The molecule has 0 radical (unpaired) electrons. The highest BCUT2D eigenvalue weighted by Crippen LogP contribution is 2.25. The van der Waals surface area contributed by atoms with E-state index in [4.69, 9.17) is 0 Å². The first kappa shape index (κ1) is 12.7. The summed E-state index contributed by atoms with van der Waals surface area (Å²) in [7, 11) is 0. The summed E-state index contributed by atoms with van der Waals surface area (Å²) in [5, 5.41) is 3.62. The van der Waals surface area contributed by atoms with Crippen LogP contribution in [0.25, 0.3) is 0 Å². The molecule has 0 spiro atoms. The number of halogens is 1. The molecule has 0 fully saturated rings. The van der Waals surface area contributed by atoms with Crippen molar-refractivity contribution in [3.05, 3.63) is 40.4 Å². The first-order chi connectivity index (χ1) is 8.25. The van der Waals surface area contributed by atoms with Gasteiger partial charge in [-0.25, -0.2) is 0 Å². The number of benzene rings is 1. The molecule has 2 rings (SSSR count). The Morgan fingerprint density at radius 3 is 3.00 bits per heavy atom. The van der Waals surface area contributed by atoms with Crippen LogP contribution in [-0.4, -0.2) is 6.04 Å². The van der Waals surface area contributed by atoms with E-state index in [0.29, 0.717) is 6.04 Å². The summed E-state index contributed by atoms with van der Waals surface area (Å²) in [5.41, 5.74) is 2.51. The van der Waals surface area contributed by atoms with Crippen molar-refractivity contribution in [1.29, 1.82) is 0 Å². The minimum absolute atomic E-state index is 0.480. The van der Waals surface area contributed by atoms with Gasteiger partial charge < -0.3 is 5.32 Å². The van der Waals surface area contributed by atoms with E-state index in [2.05, 4.69) is 58.5 Å². The van der Waals surface area contributed by atoms with E-state index in [9.17, 15) is 0 Å². The van der Waals surface area contributed by atoms with E-state index in [1.807, 2.05) is 0 Å². The average Bonchev–Trinajstić information content (AvgIpc) is 2.27. The molecule has 0 saturated heterocycles. The average molecular weight is 294 g/mol. The van der Waals surface area contributed by atoms with Crippen LogP contribution in [-0.2, 0) is 0 Å². The van der Waals surface area contributed by atoms with Crippen molar-refractivity contribution in [2.75, 3.05) is 5.32 Å². The highest BCUT2D eigenvalue weighted by atomic mass is 79.9. The van der Waals surface area contributed by atoms with Gasteiger partial charge in [-0.05, 0) is 59.8 Å². The Labute approximate surface area is 112 Å². The second-order valence-electron chi connectivity index (χ2n) is 4.80. The lowest BCUT2D eigenvalue weighted by atomic mass is 10.0. The molecule has 0 amide bonds. The molecule has 1 unspecified atom stereocenters. The van der Waals surface area contributed by atoms with E-state index in [1.54, 1.807) is 0 Å². The molecule has 1 aromatic carbocycles. The number of rotatable bonds is 2. The quantitative estimate of drug-likeness (QED) is 0.752. The monoisotopic (exact) mass is 293 g/mol. The van der Waals surface area contributed by atoms with Gasteiger partial charge in [-0.1, -0.05) is 31.1 Å². The lowest BCUT2D eigenvalue weighted by Crippen LogP contribution is -2.17. The van der Waals surface area contributed by atoms with Gasteiger partial charge in [0.1, 0.15) is 0 Å². The minimum atomic E-state index is 0.480. The maximum absolute atomic E-state index is 3.62. The lowest BCUT2D eigenvalue weighted by molar-refractivity contribution is 0.610. The summed E-state index contributed by atoms with van der Waals surface area (Å²) in [6.07, 6.45) is 11.1. The third-order valence-electron chi connectivity index (χ3n) is 3.22. The molecule has 1 nitrogen and oxygen atoms in total. The summed E-state index contributed by atoms with van der Waals surface area (Å²) in [6.45, 7) is 2.13. The standard InChI is InChI=1S/C15H20BrN/c1-12-9-10-14(16)15(11-12)17-13-7-5-3-2-4-6-8-13/h5,7,9-11,13,17H,2-4,6,8H2,1H3/b7-5+. The molecule has 92 valence electrons. The highest BCUT2D eigenvalue weighted by molar-refractivity contribution is 9.10. The zero-order chi connectivity index (χ0) is 12.1. The smallest absolute Gasteiger partial charge is 0.0491 e. The molecule has 2 heteroatoms. The van der Waals surface area contributed by atoms with Crippen molar-refractivity contribution >= 4 is 21.6 Å². The van der Waals surface area contributed by atoms with Crippen molar-refractivity contribution in [2.45, 2.75) is 45.1 Å². The van der Waals surface area contributed by atoms with Crippen LogP contribution in [0, 0.1) is 6.92 Å². The summed E-state index contributed by atoms with van der Waals surface area (Å²) in [5.74, 6) is 0. The van der Waals surface area contributed by atoms with Gasteiger partial charge in [-0.2, -0.15) is 0 Å². The minimum Gasteiger partial charge on any atom is -0.378 e. The van der Waals surface area contributed by atoms with Gasteiger partial charge in [0.2, 0.25) is 0 Å². The number of hydrogen-bond acceptors (Lipinski definition) is 1. The fourth-order valence-corrected chi connectivity index (χ4v) is 2.59. The Bertz CT molecular complexity index is 398. The molecular formula is C15H20BrN. The molecule has 17 heavy (non-hydrogen) atoms. The highest BCUT2D eigenvalue weighted by Gasteiger charge is 2.08. The van der Waals surface area contributed by atoms with Gasteiger partial charge >= 0.3 is 0 Å². The van der Waals surface area contributed by atoms with Gasteiger partial charge in [0.05, 0.1) is 0 Å². The molecule has 1 N–H and O–H groups in total. The zero-order valence-corrected chi connectivity index (χ0v) is 12.0. The normalized spacial score (nSPS) is 22.6. The number of allylic oxidation sites excluding steroid dienone is 1. The molecule has 1 aliphatic rings. The molecule has 0 heterocycles. The Balaban J connectivity index is 2.07. The molecule has 1 aliphatic carbocycles. The van der Waals surface area contributed by atoms with Crippen LogP contribution in [0.4, 0.5) is 5.69 Å². The zero-order valence-electron chi connectivity index (χ0n) is 10.4. The van der Waals surface area contributed by atoms with Crippen LogP contribution in [0.3, 0.4) is 0 Å². The van der Waals surface area contributed by atoms with Crippen LogP contribution < -0.4 is 5.32 Å². The topological polar surface area (TPSA) is 12.0 Å². The van der Waals surface area contributed by atoms with Gasteiger partial charge in [0.25, 0.3) is 0 Å². The van der Waals surface area contributed by atoms with E-state index in [0.717, 1.165) is 4.47 Å². The van der Waals surface area contributed by atoms with Crippen molar-refractivity contribution in [3.63, 3.8) is 0 Å². The van der Waals surface area contributed by atoms with Crippen LogP contribution in [0.2, 0.25) is 0 Å². The number of nitrogens with one attached hydrogen (secondary N) is 1. The third kappa shape index (κ3) is 3.88. The van der Waals surface area contributed by atoms with Gasteiger partial charge in [-0.15, -0.1) is 0 Å². The van der Waals surface area contributed by atoms with E-state index < -0.39 is 0 Å². The summed E-state index contributed by atoms with van der Waals surface area (Å²) < 4.78 is 1.15. The molecule has 1 atom stereocenters. The van der Waals surface area contributed by atoms with E-state index in [-0.39, 0.29) is 0 Å². The lowest BCUT2D eigenvalue weighted by Gasteiger charge is -2.19. The van der Waals surface area contributed by atoms with E-state index >= 15 is 0 Å². The SMILES string of the molecule is Cc1ccc(Br)c(NC2/C=C/CCCCC2)c1. The van der Waals surface area contributed by atoms with Crippen molar-refractivity contribution in [2.24, 2.45) is 0 Å². The van der Waals surface area contributed by atoms with Crippen LogP contribution >= 0.6 is 15.9 Å². The van der Waals surface area contributed by atoms with Gasteiger partial charge in [0, 0.05) is 16.2 Å². The molecular weight excluding hydrogens is 274 g/mol. The second kappa shape index (κ2) is 6.25. The number of aryl methyl sites for hydroxylation is 1. The first-order valence-corrected chi connectivity index (χ1v) is 7.24. The largest absolute Gasteiger partial charge is 0.378 e. The summed E-state index contributed by atoms with van der Waals surface area (Å²) >= 11 is 3.61. The van der Waals surface area contributed by atoms with Gasteiger partial charge in [0.15, 0.2) is 0 Å². The molecule has 0 aliphatic heterocycles. The second-order valence-corrected chi connectivity index (χ2v) is 5.65. The Morgan fingerprint density at radius 1 is 1.24 bits per heavy atom. The van der Waals surface area contributed by atoms with Crippen LogP contribution in [0.1, 0.15) is 37.7 Å². The summed E-state index contributed by atoms with van der Waals surface area (Å²) in [6, 6.07) is 6.93. The maximum atomic E-state index is 3.62. The fourth-order valence-electron chi connectivity index (χ4n) is 2.23. The van der Waals surface area contributed by atoms with Gasteiger partial charge in [-0.3, -0.25) is 0 Å². The molecule has 1 aromatic rings. The Hall–Kier alpha value is -0.760. The Kier molecular flexibility index (Phi) is 4.66. The number of anilines is 1.